The minimum absolute atomic E-state index is 0.0271. The van der Waals surface area contributed by atoms with E-state index in [1.54, 1.807) is 43.5 Å². The maximum atomic E-state index is 13.5. The number of fused-ring (bicyclic) bond motifs is 1. The predicted octanol–water partition coefficient (Wildman–Crippen LogP) is 6.27. The number of hydrogen-bond acceptors (Lipinski definition) is 3. The zero-order valence-electron chi connectivity index (χ0n) is 19.0. The van der Waals surface area contributed by atoms with Crippen molar-refractivity contribution in [1.82, 2.24) is 0 Å². The standard InChI is InChI=1S/C27H27ClN2O3/c1-4-26(31)30(21-13-11-20(28)12-14-21)25-17-18(2)29(24-8-6-5-7-23(24)25)27(32)19-9-15-22(33-3)16-10-19/h5-16,18,25H,4,17H2,1-3H3/t18-,25+/m0/s1. The molecule has 0 N–H and O–H groups in total. The number of carbonyl (C=O) groups excluding carboxylic acids is 2. The fourth-order valence-electron chi connectivity index (χ4n) is 4.48. The van der Waals surface area contributed by atoms with Gasteiger partial charge in [-0.05, 0) is 73.5 Å². The molecule has 1 heterocycles. The van der Waals surface area contributed by atoms with Crippen molar-refractivity contribution >= 4 is 34.8 Å². The van der Waals surface area contributed by atoms with Gasteiger partial charge in [0.2, 0.25) is 5.91 Å². The molecule has 0 aromatic heterocycles. The van der Waals surface area contributed by atoms with Crippen molar-refractivity contribution in [2.45, 2.75) is 38.8 Å². The van der Waals surface area contributed by atoms with E-state index in [-0.39, 0.29) is 23.9 Å². The lowest BCUT2D eigenvalue weighted by Gasteiger charge is -2.43. The summed E-state index contributed by atoms with van der Waals surface area (Å²) in [4.78, 5) is 30.3. The van der Waals surface area contributed by atoms with E-state index >= 15 is 0 Å². The average molecular weight is 463 g/mol. The molecule has 6 heteroatoms. The van der Waals surface area contributed by atoms with Gasteiger partial charge in [0.1, 0.15) is 5.75 Å². The van der Waals surface area contributed by atoms with E-state index in [4.69, 9.17) is 16.3 Å². The highest BCUT2D eigenvalue weighted by Crippen LogP contribution is 2.43. The van der Waals surface area contributed by atoms with Gasteiger partial charge in [-0.1, -0.05) is 36.7 Å². The largest absolute Gasteiger partial charge is 0.497 e. The molecule has 4 rings (SSSR count). The van der Waals surface area contributed by atoms with E-state index in [1.807, 2.05) is 60.0 Å². The molecule has 2 atom stereocenters. The number of ether oxygens (including phenoxy) is 1. The first-order chi connectivity index (χ1) is 15.9. The zero-order chi connectivity index (χ0) is 23.5. The Kier molecular flexibility index (Phi) is 6.70. The summed E-state index contributed by atoms with van der Waals surface area (Å²) < 4.78 is 5.22. The number of rotatable bonds is 5. The number of benzene rings is 3. The van der Waals surface area contributed by atoms with Crippen LogP contribution in [0, 0.1) is 0 Å². The van der Waals surface area contributed by atoms with Crippen LogP contribution in [0.1, 0.15) is 48.7 Å². The van der Waals surface area contributed by atoms with Gasteiger partial charge in [0.05, 0.1) is 13.2 Å². The van der Waals surface area contributed by atoms with Crippen LogP contribution in [0.25, 0.3) is 0 Å². The molecule has 0 unspecified atom stereocenters. The Morgan fingerprint density at radius 1 is 1.03 bits per heavy atom. The fourth-order valence-corrected chi connectivity index (χ4v) is 4.60. The Balaban J connectivity index is 1.76. The molecule has 170 valence electrons. The van der Waals surface area contributed by atoms with Crippen molar-refractivity contribution in [1.29, 1.82) is 0 Å². The van der Waals surface area contributed by atoms with Gasteiger partial charge in [-0.3, -0.25) is 9.59 Å². The van der Waals surface area contributed by atoms with Crippen molar-refractivity contribution in [3.05, 3.63) is 88.9 Å². The Morgan fingerprint density at radius 3 is 2.33 bits per heavy atom. The van der Waals surface area contributed by atoms with Crippen molar-refractivity contribution in [3.63, 3.8) is 0 Å². The first-order valence-electron chi connectivity index (χ1n) is 11.1. The second-order valence-corrected chi connectivity index (χ2v) is 8.59. The van der Waals surface area contributed by atoms with E-state index in [0.29, 0.717) is 29.2 Å². The summed E-state index contributed by atoms with van der Waals surface area (Å²) in [7, 11) is 1.60. The number of para-hydroxylation sites is 1. The van der Waals surface area contributed by atoms with E-state index in [1.165, 1.54) is 0 Å². The van der Waals surface area contributed by atoms with Crippen LogP contribution in [0.4, 0.5) is 11.4 Å². The van der Waals surface area contributed by atoms with Crippen LogP contribution in [-0.2, 0) is 4.79 Å². The van der Waals surface area contributed by atoms with Gasteiger partial charge < -0.3 is 14.5 Å². The van der Waals surface area contributed by atoms with Crippen molar-refractivity contribution in [2.24, 2.45) is 0 Å². The van der Waals surface area contributed by atoms with Crippen LogP contribution in [0.2, 0.25) is 5.02 Å². The number of hydrogen-bond donors (Lipinski definition) is 0. The van der Waals surface area contributed by atoms with Gasteiger partial charge >= 0.3 is 0 Å². The maximum absolute atomic E-state index is 13.5. The molecule has 2 amide bonds. The number of nitrogens with zero attached hydrogens (tertiary/aromatic N) is 2. The average Bonchev–Trinajstić information content (AvgIpc) is 2.85. The topological polar surface area (TPSA) is 49.9 Å². The molecule has 33 heavy (non-hydrogen) atoms. The normalized spacial score (nSPS) is 17.3. The first-order valence-corrected chi connectivity index (χ1v) is 11.5. The van der Waals surface area contributed by atoms with Crippen LogP contribution in [0.5, 0.6) is 5.75 Å². The molecule has 0 radical (unpaired) electrons. The maximum Gasteiger partial charge on any atom is 0.258 e. The molecule has 0 saturated heterocycles. The molecule has 3 aromatic carbocycles. The molecule has 1 aliphatic heterocycles. The zero-order valence-corrected chi connectivity index (χ0v) is 19.8. The van der Waals surface area contributed by atoms with E-state index in [9.17, 15) is 9.59 Å². The number of anilines is 2. The molecule has 3 aromatic rings. The molecule has 0 bridgehead atoms. The smallest absolute Gasteiger partial charge is 0.258 e. The fraction of sp³-hybridized carbons (Fsp3) is 0.259. The van der Waals surface area contributed by atoms with Crippen LogP contribution in [0.15, 0.2) is 72.8 Å². The van der Waals surface area contributed by atoms with Crippen LogP contribution in [-0.4, -0.2) is 25.0 Å². The molecular weight excluding hydrogens is 436 g/mol. The lowest BCUT2D eigenvalue weighted by molar-refractivity contribution is -0.118. The van der Waals surface area contributed by atoms with Crippen molar-refractivity contribution < 1.29 is 14.3 Å². The lowest BCUT2D eigenvalue weighted by atomic mass is 9.89. The Morgan fingerprint density at radius 2 is 1.70 bits per heavy atom. The van der Waals surface area contributed by atoms with Crippen LogP contribution >= 0.6 is 11.6 Å². The molecule has 0 fully saturated rings. The molecule has 0 aliphatic carbocycles. The van der Waals surface area contributed by atoms with Crippen LogP contribution < -0.4 is 14.5 Å². The summed E-state index contributed by atoms with van der Waals surface area (Å²) in [5.41, 5.74) is 3.17. The highest BCUT2D eigenvalue weighted by molar-refractivity contribution is 6.30. The van der Waals surface area contributed by atoms with Crippen molar-refractivity contribution in [3.8, 4) is 5.75 Å². The first kappa shape index (κ1) is 22.9. The summed E-state index contributed by atoms with van der Waals surface area (Å²) in [6.07, 6.45) is 0.997. The van der Waals surface area contributed by atoms with Gasteiger partial charge in [0, 0.05) is 34.4 Å². The molecule has 5 nitrogen and oxygen atoms in total. The minimum atomic E-state index is -0.190. The predicted molar refractivity (Wildman–Crippen MR) is 132 cm³/mol. The second-order valence-electron chi connectivity index (χ2n) is 8.16. The Hall–Kier alpha value is -3.31. The monoisotopic (exact) mass is 462 g/mol. The molecular formula is C27H27ClN2O3. The van der Waals surface area contributed by atoms with E-state index in [2.05, 4.69) is 0 Å². The molecule has 0 spiro atoms. The van der Waals surface area contributed by atoms with Crippen molar-refractivity contribution in [2.75, 3.05) is 16.9 Å². The summed E-state index contributed by atoms with van der Waals surface area (Å²) >= 11 is 6.10. The van der Waals surface area contributed by atoms with Gasteiger partial charge in [-0.2, -0.15) is 0 Å². The summed E-state index contributed by atoms with van der Waals surface area (Å²) in [5, 5.41) is 0.622. The molecule has 0 saturated carbocycles. The third kappa shape index (κ3) is 4.46. The van der Waals surface area contributed by atoms with Gasteiger partial charge in [-0.15, -0.1) is 0 Å². The summed E-state index contributed by atoms with van der Waals surface area (Å²) in [6, 6.07) is 22.0. The number of carbonyl (C=O) groups is 2. The number of halogens is 1. The third-order valence-corrected chi connectivity index (χ3v) is 6.36. The highest BCUT2D eigenvalue weighted by atomic mass is 35.5. The Bertz CT molecular complexity index is 1140. The van der Waals surface area contributed by atoms with Gasteiger partial charge in [-0.25, -0.2) is 0 Å². The van der Waals surface area contributed by atoms with Gasteiger partial charge in [0.25, 0.3) is 5.91 Å². The highest BCUT2D eigenvalue weighted by Gasteiger charge is 2.38. The third-order valence-electron chi connectivity index (χ3n) is 6.10. The van der Waals surface area contributed by atoms with E-state index < -0.39 is 0 Å². The minimum Gasteiger partial charge on any atom is -0.497 e. The number of amides is 2. The lowest BCUT2D eigenvalue weighted by Crippen LogP contribution is -2.47. The van der Waals surface area contributed by atoms with Crippen LogP contribution in [0.3, 0.4) is 0 Å². The summed E-state index contributed by atoms with van der Waals surface area (Å²) in [5.74, 6) is 0.658. The molecule has 1 aliphatic rings. The second kappa shape index (κ2) is 9.67. The van der Waals surface area contributed by atoms with Gasteiger partial charge in [0.15, 0.2) is 0 Å². The van der Waals surface area contributed by atoms with E-state index in [0.717, 1.165) is 16.9 Å². The summed E-state index contributed by atoms with van der Waals surface area (Å²) in [6.45, 7) is 3.89. The Labute approximate surface area is 199 Å². The number of methoxy groups -OCH3 is 1. The quantitative estimate of drug-likeness (QED) is 0.448. The SMILES string of the molecule is CCC(=O)N(c1ccc(Cl)cc1)[C@@H]1C[C@H](C)N(C(=O)c2ccc(OC)cc2)c2ccccc21.